The molecule has 0 aliphatic carbocycles. The third kappa shape index (κ3) is 7.37. The summed E-state index contributed by atoms with van der Waals surface area (Å²) < 4.78 is 12.4. The number of rotatable bonds is 11. The van der Waals surface area contributed by atoms with Gasteiger partial charge in [-0.2, -0.15) is 0 Å². The van der Waals surface area contributed by atoms with Crippen LogP contribution in [0, 0.1) is 0 Å². The van der Waals surface area contributed by atoms with Gasteiger partial charge in [0, 0.05) is 11.0 Å². The molecular formula is C23H30BrNO4. The second-order valence-electron chi connectivity index (χ2n) is 7.05. The number of hydrogen-bond acceptors (Lipinski definition) is 4. The smallest absolute Gasteiger partial charge is 0.253 e. The van der Waals surface area contributed by atoms with Crippen molar-refractivity contribution in [2.24, 2.45) is 0 Å². The van der Waals surface area contributed by atoms with Crippen molar-refractivity contribution in [2.45, 2.75) is 51.7 Å². The van der Waals surface area contributed by atoms with E-state index in [9.17, 15) is 9.90 Å². The van der Waals surface area contributed by atoms with Crippen LogP contribution in [-0.2, 0) is 11.2 Å². The maximum Gasteiger partial charge on any atom is 0.253 e. The van der Waals surface area contributed by atoms with Crippen LogP contribution in [0.3, 0.4) is 0 Å². The van der Waals surface area contributed by atoms with E-state index < -0.39 is 12.0 Å². The van der Waals surface area contributed by atoms with Gasteiger partial charge in [-0.1, -0.05) is 53.9 Å². The quantitative estimate of drug-likeness (QED) is 0.501. The molecule has 5 nitrogen and oxygen atoms in total. The average molecular weight is 464 g/mol. The second-order valence-corrected chi connectivity index (χ2v) is 7.97. The number of aliphatic hydroxyl groups is 1. The zero-order valence-corrected chi connectivity index (χ0v) is 18.9. The lowest BCUT2D eigenvalue weighted by Gasteiger charge is -2.17. The summed E-state index contributed by atoms with van der Waals surface area (Å²) in [5.41, 5.74) is 1.58. The highest BCUT2D eigenvalue weighted by Crippen LogP contribution is 2.29. The third-order valence-electron chi connectivity index (χ3n) is 4.67. The molecule has 0 aliphatic heterocycles. The summed E-state index contributed by atoms with van der Waals surface area (Å²) >= 11 is 3.34. The van der Waals surface area contributed by atoms with Gasteiger partial charge >= 0.3 is 0 Å². The molecule has 2 unspecified atom stereocenters. The van der Waals surface area contributed by atoms with Gasteiger partial charge in [0.25, 0.3) is 5.91 Å². The molecule has 0 radical (unpaired) electrons. The Hall–Kier alpha value is -2.05. The summed E-state index contributed by atoms with van der Waals surface area (Å²) in [6.45, 7) is 4.65. The van der Waals surface area contributed by atoms with E-state index in [2.05, 4.69) is 35.1 Å². The van der Waals surface area contributed by atoms with Gasteiger partial charge in [-0.15, -0.1) is 0 Å². The van der Waals surface area contributed by atoms with Crippen LogP contribution < -0.4 is 14.8 Å². The van der Waals surface area contributed by atoms with Crippen molar-refractivity contribution in [3.63, 3.8) is 0 Å². The van der Waals surface area contributed by atoms with Gasteiger partial charge in [-0.05, 0) is 55.2 Å². The number of hydrogen-bond donors (Lipinski definition) is 2. The molecule has 29 heavy (non-hydrogen) atoms. The Kier molecular flexibility index (Phi) is 9.48. The molecule has 6 heteroatoms. The lowest BCUT2D eigenvalue weighted by atomic mass is 10.1. The maximum atomic E-state index is 12.2. The van der Waals surface area contributed by atoms with E-state index in [-0.39, 0.29) is 6.10 Å². The van der Waals surface area contributed by atoms with Crippen molar-refractivity contribution in [2.75, 3.05) is 13.7 Å². The van der Waals surface area contributed by atoms with E-state index in [4.69, 9.17) is 9.47 Å². The van der Waals surface area contributed by atoms with Crippen LogP contribution in [0.5, 0.6) is 11.5 Å². The van der Waals surface area contributed by atoms with Crippen LogP contribution in [0.1, 0.15) is 50.3 Å². The van der Waals surface area contributed by atoms with Gasteiger partial charge in [-0.3, -0.25) is 4.79 Å². The van der Waals surface area contributed by atoms with E-state index in [0.717, 1.165) is 35.0 Å². The van der Waals surface area contributed by atoms with Crippen LogP contribution in [0.4, 0.5) is 0 Å². The third-order valence-corrected chi connectivity index (χ3v) is 5.20. The number of nitrogens with one attached hydrogen (secondary N) is 1. The standard InChI is InChI=1S/C23H30BrNO4/c1-4-5-6-16(2)29-20-12-7-17(15-21(20)28-3)13-14-25-23(27)22(26)18-8-10-19(24)11-9-18/h7-12,15-16,22,26H,4-6,13-14H2,1-3H3,(H,25,27). The predicted molar refractivity (Wildman–Crippen MR) is 118 cm³/mol. The number of carbonyl (C=O) groups is 1. The number of ether oxygens (including phenoxy) is 2. The van der Waals surface area contributed by atoms with Crippen LogP contribution in [0.2, 0.25) is 0 Å². The molecule has 0 heterocycles. The van der Waals surface area contributed by atoms with E-state index in [1.54, 1.807) is 31.4 Å². The van der Waals surface area contributed by atoms with Crippen molar-refractivity contribution in [1.29, 1.82) is 0 Å². The summed E-state index contributed by atoms with van der Waals surface area (Å²) in [4.78, 5) is 12.2. The van der Waals surface area contributed by atoms with Crippen LogP contribution >= 0.6 is 15.9 Å². The van der Waals surface area contributed by atoms with Gasteiger partial charge in [-0.25, -0.2) is 0 Å². The zero-order chi connectivity index (χ0) is 21.2. The van der Waals surface area contributed by atoms with Crippen molar-refractivity contribution in [1.82, 2.24) is 5.32 Å². The van der Waals surface area contributed by atoms with Crippen molar-refractivity contribution < 1.29 is 19.4 Å². The Morgan fingerprint density at radius 1 is 1.17 bits per heavy atom. The predicted octanol–water partition coefficient (Wildman–Crippen LogP) is 4.81. The molecule has 0 saturated carbocycles. The highest BCUT2D eigenvalue weighted by molar-refractivity contribution is 9.10. The fraction of sp³-hybridized carbons (Fsp3) is 0.435. The minimum Gasteiger partial charge on any atom is -0.493 e. The van der Waals surface area contributed by atoms with Gasteiger partial charge in [0.1, 0.15) is 0 Å². The van der Waals surface area contributed by atoms with Gasteiger partial charge in [0.2, 0.25) is 0 Å². The molecule has 2 aromatic rings. The Labute approximate surface area is 181 Å². The van der Waals surface area contributed by atoms with E-state index in [1.807, 2.05) is 18.2 Å². The molecule has 0 saturated heterocycles. The number of methoxy groups -OCH3 is 1. The molecule has 0 bridgehead atoms. The van der Waals surface area contributed by atoms with Crippen molar-refractivity contribution >= 4 is 21.8 Å². The molecule has 0 fully saturated rings. The topological polar surface area (TPSA) is 67.8 Å². The number of carbonyl (C=O) groups excluding carboxylic acids is 1. The Balaban J connectivity index is 1.88. The minimum atomic E-state index is -1.18. The second kappa shape index (κ2) is 11.8. The minimum absolute atomic E-state index is 0.133. The van der Waals surface area contributed by atoms with E-state index in [0.29, 0.717) is 24.3 Å². The first kappa shape index (κ1) is 23.2. The molecule has 0 aromatic heterocycles. The Morgan fingerprint density at radius 2 is 1.90 bits per heavy atom. The SMILES string of the molecule is CCCCC(C)Oc1ccc(CCNC(=O)C(O)c2ccc(Br)cc2)cc1OC. The molecule has 1 amide bonds. The van der Waals surface area contributed by atoms with Gasteiger partial charge < -0.3 is 19.9 Å². The number of halogens is 1. The zero-order valence-electron chi connectivity index (χ0n) is 17.3. The number of aliphatic hydroxyl groups excluding tert-OH is 1. The monoisotopic (exact) mass is 463 g/mol. The largest absolute Gasteiger partial charge is 0.493 e. The number of amides is 1. The van der Waals surface area contributed by atoms with E-state index >= 15 is 0 Å². The lowest BCUT2D eigenvalue weighted by molar-refractivity contribution is -0.129. The Bertz CT molecular complexity index is 779. The maximum absolute atomic E-state index is 12.2. The molecule has 0 spiro atoms. The number of benzene rings is 2. The first-order valence-electron chi connectivity index (χ1n) is 9.99. The average Bonchev–Trinajstić information content (AvgIpc) is 2.73. The normalized spacial score (nSPS) is 12.9. The first-order valence-corrected chi connectivity index (χ1v) is 10.8. The van der Waals surface area contributed by atoms with Gasteiger partial charge in [0.05, 0.1) is 13.2 Å². The first-order chi connectivity index (χ1) is 13.9. The van der Waals surface area contributed by atoms with Gasteiger partial charge in [0.15, 0.2) is 17.6 Å². The summed E-state index contributed by atoms with van der Waals surface area (Å²) in [7, 11) is 1.62. The summed E-state index contributed by atoms with van der Waals surface area (Å²) in [5.74, 6) is 1.01. The fourth-order valence-corrected chi connectivity index (χ4v) is 3.22. The molecule has 2 N–H and O–H groups in total. The fourth-order valence-electron chi connectivity index (χ4n) is 2.96. The molecular weight excluding hydrogens is 434 g/mol. The van der Waals surface area contributed by atoms with Crippen molar-refractivity contribution in [3.05, 3.63) is 58.1 Å². The lowest BCUT2D eigenvalue weighted by Crippen LogP contribution is -2.30. The van der Waals surface area contributed by atoms with Crippen molar-refractivity contribution in [3.8, 4) is 11.5 Å². The highest BCUT2D eigenvalue weighted by atomic mass is 79.9. The molecule has 2 atom stereocenters. The molecule has 0 aliphatic rings. The molecule has 158 valence electrons. The van der Waals surface area contributed by atoms with E-state index in [1.165, 1.54) is 0 Å². The number of unbranched alkanes of at least 4 members (excludes halogenated alkanes) is 1. The Morgan fingerprint density at radius 3 is 2.55 bits per heavy atom. The summed E-state index contributed by atoms with van der Waals surface area (Å²) in [6, 6.07) is 12.9. The molecule has 2 rings (SSSR count). The highest BCUT2D eigenvalue weighted by Gasteiger charge is 2.17. The summed E-state index contributed by atoms with van der Waals surface area (Å²) in [6.07, 6.45) is 2.86. The van der Waals surface area contributed by atoms with Crippen LogP contribution in [-0.4, -0.2) is 30.8 Å². The summed E-state index contributed by atoms with van der Waals surface area (Å²) in [5, 5.41) is 13.0. The van der Waals surface area contributed by atoms with Crippen LogP contribution in [0.25, 0.3) is 0 Å². The van der Waals surface area contributed by atoms with Crippen LogP contribution in [0.15, 0.2) is 46.9 Å². The molecule has 2 aromatic carbocycles.